The number of benzene rings is 2. The Morgan fingerprint density at radius 3 is 1.86 bits per heavy atom. The highest BCUT2D eigenvalue weighted by Gasteiger charge is 2.30. The number of ether oxygens (including phenoxy) is 2. The van der Waals surface area contributed by atoms with E-state index in [1.165, 1.54) is 23.5 Å². The van der Waals surface area contributed by atoms with Crippen LogP contribution in [0.15, 0.2) is 53.4 Å². The molecule has 0 spiro atoms. The third kappa shape index (κ3) is 4.37. The van der Waals surface area contributed by atoms with E-state index in [9.17, 15) is 13.2 Å². The van der Waals surface area contributed by atoms with Gasteiger partial charge in [-0.1, -0.05) is 0 Å². The lowest BCUT2D eigenvalue weighted by Gasteiger charge is -2.34. The van der Waals surface area contributed by atoms with Crippen molar-refractivity contribution in [2.45, 2.75) is 4.90 Å². The number of amides is 2. The number of hydrogen-bond donors (Lipinski definition) is 1. The number of carbonyl (C=O) groups is 1. The summed E-state index contributed by atoms with van der Waals surface area (Å²) in [4.78, 5) is 14.2. The SMILES string of the molecule is COc1ccc(NC(=O)N2CCN(S(=O)(=O)c3ccc(OC)cc3)CC2)cc1. The van der Waals surface area contributed by atoms with Gasteiger partial charge in [-0.2, -0.15) is 4.31 Å². The Morgan fingerprint density at radius 1 is 0.857 bits per heavy atom. The van der Waals surface area contributed by atoms with Crippen molar-refractivity contribution < 1.29 is 22.7 Å². The second-order valence-electron chi connectivity index (χ2n) is 6.23. The minimum Gasteiger partial charge on any atom is -0.497 e. The molecule has 2 amide bonds. The number of rotatable bonds is 5. The summed E-state index contributed by atoms with van der Waals surface area (Å²) < 4.78 is 37.1. The van der Waals surface area contributed by atoms with Gasteiger partial charge in [0.1, 0.15) is 11.5 Å². The Labute approximate surface area is 164 Å². The van der Waals surface area contributed by atoms with Crippen molar-refractivity contribution in [1.82, 2.24) is 9.21 Å². The van der Waals surface area contributed by atoms with Crippen molar-refractivity contribution >= 4 is 21.7 Å². The third-order valence-electron chi connectivity index (χ3n) is 4.56. The Balaban J connectivity index is 1.58. The van der Waals surface area contributed by atoms with Crippen LogP contribution in [0.4, 0.5) is 10.5 Å². The molecule has 1 fully saturated rings. The molecule has 1 N–H and O–H groups in total. The number of carbonyl (C=O) groups excluding carboxylic acids is 1. The first-order valence-electron chi connectivity index (χ1n) is 8.78. The van der Waals surface area contributed by atoms with Crippen molar-refractivity contribution in [3.05, 3.63) is 48.5 Å². The maximum Gasteiger partial charge on any atom is 0.321 e. The van der Waals surface area contributed by atoms with E-state index in [4.69, 9.17) is 9.47 Å². The normalized spacial score (nSPS) is 15.1. The van der Waals surface area contributed by atoms with Crippen LogP contribution < -0.4 is 14.8 Å². The molecule has 150 valence electrons. The van der Waals surface area contributed by atoms with Crippen molar-refractivity contribution in [2.75, 3.05) is 45.7 Å². The number of hydrogen-bond acceptors (Lipinski definition) is 5. The molecule has 0 radical (unpaired) electrons. The highest BCUT2D eigenvalue weighted by molar-refractivity contribution is 7.89. The van der Waals surface area contributed by atoms with Gasteiger partial charge in [0.25, 0.3) is 0 Å². The Kier molecular flexibility index (Phi) is 6.05. The first-order valence-corrected chi connectivity index (χ1v) is 10.2. The highest BCUT2D eigenvalue weighted by Crippen LogP contribution is 2.21. The molecule has 9 heteroatoms. The highest BCUT2D eigenvalue weighted by atomic mass is 32.2. The lowest BCUT2D eigenvalue weighted by atomic mass is 10.3. The maximum atomic E-state index is 12.8. The van der Waals surface area contributed by atoms with Gasteiger partial charge in [0.2, 0.25) is 10.0 Å². The predicted molar refractivity (Wildman–Crippen MR) is 105 cm³/mol. The number of nitrogens with one attached hydrogen (secondary N) is 1. The van der Waals surface area contributed by atoms with E-state index in [0.717, 1.165) is 0 Å². The molecule has 0 atom stereocenters. The van der Waals surface area contributed by atoms with Crippen LogP contribution in [0, 0.1) is 0 Å². The number of methoxy groups -OCH3 is 2. The summed E-state index contributed by atoms with van der Waals surface area (Å²) in [7, 11) is -0.493. The smallest absolute Gasteiger partial charge is 0.321 e. The maximum absolute atomic E-state index is 12.8. The molecule has 3 rings (SSSR count). The molecular formula is C19H23N3O5S. The van der Waals surface area contributed by atoms with Gasteiger partial charge >= 0.3 is 6.03 Å². The van der Waals surface area contributed by atoms with E-state index in [0.29, 0.717) is 30.3 Å². The minimum absolute atomic E-state index is 0.212. The Hall–Kier alpha value is -2.78. The van der Waals surface area contributed by atoms with Crippen molar-refractivity contribution in [2.24, 2.45) is 0 Å². The average molecular weight is 405 g/mol. The van der Waals surface area contributed by atoms with Gasteiger partial charge in [-0.25, -0.2) is 13.2 Å². The average Bonchev–Trinajstić information content (AvgIpc) is 2.74. The van der Waals surface area contributed by atoms with Gasteiger partial charge in [-0.3, -0.25) is 0 Å². The summed E-state index contributed by atoms with van der Waals surface area (Å²) in [5.74, 6) is 1.30. The van der Waals surface area contributed by atoms with Gasteiger partial charge in [-0.15, -0.1) is 0 Å². The Bertz CT molecular complexity index is 906. The fourth-order valence-electron chi connectivity index (χ4n) is 2.91. The molecule has 0 unspecified atom stereocenters. The summed E-state index contributed by atoms with van der Waals surface area (Å²) in [5.41, 5.74) is 0.652. The summed E-state index contributed by atoms with van der Waals surface area (Å²) >= 11 is 0. The molecule has 2 aromatic rings. The van der Waals surface area contributed by atoms with Crippen LogP contribution in [0.3, 0.4) is 0 Å². The number of piperazine rings is 1. The quantitative estimate of drug-likeness (QED) is 0.824. The number of urea groups is 1. The topological polar surface area (TPSA) is 88.2 Å². The molecule has 0 bridgehead atoms. The molecule has 0 aliphatic carbocycles. The summed E-state index contributed by atoms with van der Waals surface area (Å²) in [6, 6.07) is 13.0. The second kappa shape index (κ2) is 8.49. The van der Waals surface area contributed by atoms with E-state index in [2.05, 4.69) is 5.32 Å². The van der Waals surface area contributed by atoms with Crippen LogP contribution in [0.5, 0.6) is 11.5 Å². The summed E-state index contributed by atoms with van der Waals surface area (Å²) in [5, 5.41) is 2.81. The van der Waals surface area contributed by atoms with Gasteiger partial charge in [-0.05, 0) is 48.5 Å². The van der Waals surface area contributed by atoms with Gasteiger partial charge in [0.05, 0.1) is 19.1 Å². The molecule has 1 saturated heterocycles. The Morgan fingerprint density at radius 2 is 1.36 bits per heavy atom. The minimum atomic E-state index is -3.60. The zero-order valence-corrected chi connectivity index (χ0v) is 16.6. The molecule has 2 aromatic carbocycles. The van der Waals surface area contributed by atoms with Gasteiger partial charge in [0, 0.05) is 31.9 Å². The first-order chi connectivity index (χ1) is 13.4. The fraction of sp³-hybridized carbons (Fsp3) is 0.316. The van der Waals surface area contributed by atoms with E-state index in [-0.39, 0.29) is 24.0 Å². The monoisotopic (exact) mass is 405 g/mol. The molecule has 8 nitrogen and oxygen atoms in total. The van der Waals surface area contributed by atoms with E-state index >= 15 is 0 Å². The lowest BCUT2D eigenvalue weighted by Crippen LogP contribution is -2.51. The molecule has 0 aromatic heterocycles. The largest absolute Gasteiger partial charge is 0.497 e. The zero-order chi connectivity index (χ0) is 20.1. The number of nitrogens with zero attached hydrogens (tertiary/aromatic N) is 2. The number of anilines is 1. The molecule has 1 aliphatic heterocycles. The molecule has 0 saturated carbocycles. The van der Waals surface area contributed by atoms with Gasteiger partial charge in [0.15, 0.2) is 0 Å². The van der Waals surface area contributed by atoms with E-state index in [1.54, 1.807) is 48.4 Å². The van der Waals surface area contributed by atoms with E-state index < -0.39 is 10.0 Å². The standard InChI is InChI=1S/C19H23N3O5S/c1-26-16-5-3-15(4-6-16)20-19(23)21-11-13-22(14-12-21)28(24,25)18-9-7-17(27-2)8-10-18/h3-10H,11-14H2,1-2H3,(H,20,23). The van der Waals surface area contributed by atoms with Crippen molar-refractivity contribution in [1.29, 1.82) is 0 Å². The van der Waals surface area contributed by atoms with Crippen LogP contribution in [-0.4, -0.2) is 64.1 Å². The van der Waals surface area contributed by atoms with Crippen LogP contribution in [0.2, 0.25) is 0 Å². The third-order valence-corrected chi connectivity index (χ3v) is 6.48. The molecular weight excluding hydrogens is 382 g/mol. The fourth-order valence-corrected chi connectivity index (χ4v) is 4.33. The first kappa shape index (κ1) is 20.0. The number of sulfonamides is 1. The zero-order valence-electron chi connectivity index (χ0n) is 15.8. The predicted octanol–water partition coefficient (Wildman–Crippen LogP) is 2.24. The molecule has 1 heterocycles. The van der Waals surface area contributed by atoms with Gasteiger partial charge < -0.3 is 19.7 Å². The van der Waals surface area contributed by atoms with Crippen molar-refractivity contribution in [3.8, 4) is 11.5 Å². The van der Waals surface area contributed by atoms with Crippen LogP contribution in [-0.2, 0) is 10.0 Å². The van der Waals surface area contributed by atoms with Crippen LogP contribution >= 0.6 is 0 Å². The van der Waals surface area contributed by atoms with E-state index in [1.807, 2.05) is 0 Å². The molecule has 1 aliphatic rings. The lowest BCUT2D eigenvalue weighted by molar-refractivity contribution is 0.184. The van der Waals surface area contributed by atoms with Crippen molar-refractivity contribution in [3.63, 3.8) is 0 Å². The summed E-state index contributed by atoms with van der Waals surface area (Å²) in [6.07, 6.45) is 0. The molecule has 28 heavy (non-hydrogen) atoms. The second-order valence-corrected chi connectivity index (χ2v) is 8.16. The van der Waals surface area contributed by atoms with Crippen LogP contribution in [0.25, 0.3) is 0 Å². The summed E-state index contributed by atoms with van der Waals surface area (Å²) in [6.45, 7) is 1.11. The van der Waals surface area contributed by atoms with Crippen LogP contribution in [0.1, 0.15) is 0 Å².